The predicted octanol–water partition coefficient (Wildman–Crippen LogP) is 4.54. The molecule has 2 atom stereocenters. The van der Waals surface area contributed by atoms with E-state index < -0.39 is 9.85 Å². The zero-order valence-corrected chi connectivity index (χ0v) is 15.1. The number of nitrogens with one attached hydrogen (secondary N) is 1. The van der Waals surface area contributed by atoms with E-state index in [4.69, 9.17) is 4.74 Å². The molecule has 1 N–H and O–H groups in total. The van der Waals surface area contributed by atoms with Crippen LogP contribution < -0.4 is 10.2 Å². The van der Waals surface area contributed by atoms with Gasteiger partial charge in [0.15, 0.2) is 6.23 Å². The van der Waals surface area contributed by atoms with Crippen LogP contribution in [-0.2, 0) is 0 Å². The molecule has 146 valence electrons. The summed E-state index contributed by atoms with van der Waals surface area (Å²) in [6, 6.07) is 15.6. The molecule has 29 heavy (non-hydrogen) atoms. The smallest absolute Gasteiger partial charge is 0.300 e. The average Bonchev–Trinajstić information content (AvgIpc) is 2.98. The Hall–Kier alpha value is -3.72. The van der Waals surface area contributed by atoms with Gasteiger partial charge in [-0.05, 0) is 29.3 Å². The highest BCUT2D eigenvalue weighted by atomic mass is 16.6. The lowest BCUT2D eigenvalue weighted by Gasteiger charge is -2.37. The van der Waals surface area contributed by atoms with Crippen LogP contribution in [0.15, 0.2) is 54.6 Å². The number of hydrogen-bond acceptors (Lipinski definition) is 7. The fraction of sp³-hybridized carbons (Fsp3) is 0.200. The first-order valence-corrected chi connectivity index (χ1v) is 9.19. The maximum atomic E-state index is 11.5. The predicted molar refractivity (Wildman–Crippen MR) is 106 cm³/mol. The van der Waals surface area contributed by atoms with Crippen molar-refractivity contribution in [1.82, 2.24) is 5.01 Å². The van der Waals surface area contributed by atoms with E-state index in [1.54, 1.807) is 0 Å². The molecule has 0 radical (unpaired) electrons. The van der Waals surface area contributed by atoms with Crippen LogP contribution in [-0.4, -0.2) is 21.1 Å². The van der Waals surface area contributed by atoms with Crippen LogP contribution in [0.5, 0.6) is 5.75 Å². The molecule has 0 saturated carbocycles. The molecule has 0 spiro atoms. The van der Waals surface area contributed by atoms with Gasteiger partial charge in [-0.25, -0.2) is 0 Å². The van der Waals surface area contributed by atoms with Gasteiger partial charge in [-0.15, -0.1) is 0 Å². The molecule has 2 heterocycles. The summed E-state index contributed by atoms with van der Waals surface area (Å²) in [6.07, 6.45) is 1.32. The zero-order chi connectivity index (χ0) is 20.1. The summed E-state index contributed by atoms with van der Waals surface area (Å²) in [7, 11) is 0. The number of non-ortho nitro benzene ring substituents is 1. The summed E-state index contributed by atoms with van der Waals surface area (Å²) in [6.45, 7) is 0. The molecular weight excluding hydrogens is 376 g/mol. The molecule has 0 unspecified atom stereocenters. The minimum atomic E-state index is -0.646. The summed E-state index contributed by atoms with van der Waals surface area (Å²) >= 11 is 0. The average molecular weight is 392 g/mol. The number of hydrazine groups is 1. The third-order valence-corrected chi connectivity index (χ3v) is 5.50. The van der Waals surface area contributed by atoms with Gasteiger partial charge in [0.05, 0.1) is 22.0 Å². The number of benzene rings is 3. The van der Waals surface area contributed by atoms with Crippen LogP contribution in [0.3, 0.4) is 0 Å². The second kappa shape index (κ2) is 6.42. The fourth-order valence-corrected chi connectivity index (χ4v) is 4.22. The van der Waals surface area contributed by atoms with Crippen LogP contribution >= 0.6 is 0 Å². The quantitative estimate of drug-likeness (QED) is 0.512. The second-order valence-corrected chi connectivity index (χ2v) is 7.10. The summed E-state index contributed by atoms with van der Waals surface area (Å²) in [4.78, 5) is 21.2. The van der Waals surface area contributed by atoms with Gasteiger partial charge in [0.1, 0.15) is 11.4 Å². The molecule has 0 aliphatic carbocycles. The Balaban J connectivity index is 1.55. The number of anilines is 1. The number of ether oxygens (including phenoxy) is 1. The molecule has 2 aliphatic rings. The van der Waals surface area contributed by atoms with Gasteiger partial charge >= 0.3 is 5.69 Å². The van der Waals surface area contributed by atoms with Crippen molar-refractivity contribution in [2.24, 2.45) is 0 Å². The van der Waals surface area contributed by atoms with Crippen molar-refractivity contribution in [3.05, 3.63) is 80.4 Å². The van der Waals surface area contributed by atoms with E-state index in [1.807, 2.05) is 41.4 Å². The van der Waals surface area contributed by atoms with Crippen molar-refractivity contribution in [1.29, 1.82) is 0 Å². The number of nitro benzene ring substituents is 2. The fourth-order valence-electron chi connectivity index (χ4n) is 4.22. The van der Waals surface area contributed by atoms with Crippen molar-refractivity contribution in [2.75, 3.05) is 5.43 Å². The van der Waals surface area contributed by atoms with Crippen molar-refractivity contribution in [3.8, 4) is 5.75 Å². The lowest BCUT2D eigenvalue weighted by Crippen LogP contribution is -2.43. The van der Waals surface area contributed by atoms with Crippen molar-refractivity contribution in [2.45, 2.75) is 25.1 Å². The van der Waals surface area contributed by atoms with Crippen molar-refractivity contribution in [3.63, 3.8) is 0 Å². The molecule has 1 fully saturated rings. The molecule has 0 aromatic heterocycles. The first-order valence-electron chi connectivity index (χ1n) is 9.19. The van der Waals surface area contributed by atoms with Gasteiger partial charge in [0.25, 0.3) is 5.69 Å². The highest BCUT2D eigenvalue weighted by Crippen LogP contribution is 2.48. The lowest BCUT2D eigenvalue weighted by molar-refractivity contribution is -0.393. The standard InChI is InChI=1S/C20H16N4O5/c25-23(26)13-6-7-15(17(11-13)24(27)28)21-22-16-8-10-19(22)29-18-9-5-12-3-1-2-4-14(12)20(16)18/h1-7,9,11,16,19,21H,8,10H2/t16-,19+/m1/s1. The molecule has 9 nitrogen and oxygen atoms in total. The Kier molecular flexibility index (Phi) is 3.85. The largest absolute Gasteiger partial charge is 0.473 e. The SMILES string of the molecule is O=[N+]([O-])c1ccc(NN2[C@@H]3CC[C@@H]2c2c(ccc4ccccc24)O3)c([N+](=O)[O-])c1. The zero-order valence-electron chi connectivity index (χ0n) is 15.1. The Labute approximate surface area is 164 Å². The van der Waals surface area contributed by atoms with Gasteiger partial charge in [-0.1, -0.05) is 30.3 Å². The normalized spacial score (nSPS) is 20.1. The van der Waals surface area contributed by atoms with Crippen molar-refractivity contribution >= 4 is 27.8 Å². The second-order valence-electron chi connectivity index (χ2n) is 7.10. The lowest BCUT2D eigenvalue weighted by atomic mass is 9.96. The van der Waals surface area contributed by atoms with Gasteiger partial charge in [0.2, 0.25) is 0 Å². The maximum Gasteiger partial charge on any atom is 0.300 e. The summed E-state index contributed by atoms with van der Waals surface area (Å²) < 4.78 is 6.16. The van der Waals surface area contributed by atoms with Gasteiger partial charge < -0.3 is 10.2 Å². The van der Waals surface area contributed by atoms with Crippen LogP contribution in [0.4, 0.5) is 17.1 Å². The summed E-state index contributed by atoms with van der Waals surface area (Å²) in [5.74, 6) is 0.826. The molecular formula is C20H16N4O5. The van der Waals surface area contributed by atoms with Crippen LogP contribution in [0.2, 0.25) is 0 Å². The molecule has 1 saturated heterocycles. The van der Waals surface area contributed by atoms with Gasteiger partial charge in [-0.3, -0.25) is 20.2 Å². The Morgan fingerprint density at radius 1 is 1.00 bits per heavy atom. The van der Waals surface area contributed by atoms with E-state index in [-0.39, 0.29) is 29.3 Å². The minimum Gasteiger partial charge on any atom is -0.473 e. The van der Waals surface area contributed by atoms with Crippen LogP contribution in [0.25, 0.3) is 10.8 Å². The first kappa shape index (κ1) is 17.4. The van der Waals surface area contributed by atoms with E-state index >= 15 is 0 Å². The highest BCUT2D eigenvalue weighted by Gasteiger charge is 2.43. The molecule has 5 rings (SSSR count). The van der Waals surface area contributed by atoms with Crippen molar-refractivity contribution < 1.29 is 14.6 Å². The minimum absolute atomic E-state index is 0.0235. The van der Waals surface area contributed by atoms with Crippen LogP contribution in [0, 0.1) is 20.2 Å². The third-order valence-electron chi connectivity index (χ3n) is 5.50. The van der Waals surface area contributed by atoms with E-state index in [1.165, 1.54) is 12.1 Å². The molecule has 3 aromatic rings. The summed E-state index contributed by atoms with van der Waals surface area (Å²) in [5, 5.41) is 26.5. The Bertz CT molecular complexity index is 1160. The van der Waals surface area contributed by atoms with Gasteiger partial charge in [0, 0.05) is 18.1 Å². The van der Waals surface area contributed by atoms with E-state index in [0.29, 0.717) is 0 Å². The Morgan fingerprint density at radius 3 is 2.62 bits per heavy atom. The van der Waals surface area contributed by atoms with E-state index in [0.717, 1.165) is 41.0 Å². The highest BCUT2D eigenvalue weighted by molar-refractivity contribution is 5.88. The third kappa shape index (κ3) is 2.74. The topological polar surface area (TPSA) is 111 Å². The van der Waals surface area contributed by atoms with Gasteiger partial charge in [-0.2, -0.15) is 5.01 Å². The number of fused-ring (bicyclic) bond motifs is 6. The monoisotopic (exact) mass is 392 g/mol. The maximum absolute atomic E-state index is 11.5. The molecule has 2 aliphatic heterocycles. The molecule has 3 aromatic carbocycles. The molecule has 2 bridgehead atoms. The number of nitro groups is 2. The number of nitrogens with zero attached hydrogens (tertiary/aromatic N) is 3. The van der Waals surface area contributed by atoms with Crippen LogP contribution in [0.1, 0.15) is 24.4 Å². The Morgan fingerprint density at radius 2 is 1.83 bits per heavy atom. The van der Waals surface area contributed by atoms with E-state index in [9.17, 15) is 20.2 Å². The summed E-state index contributed by atoms with van der Waals surface area (Å²) in [5.41, 5.74) is 3.69. The molecule has 0 amide bonds. The molecule has 9 heteroatoms. The van der Waals surface area contributed by atoms with E-state index in [2.05, 4.69) is 5.43 Å². The number of rotatable bonds is 4. The number of hydrogen-bond donors (Lipinski definition) is 1. The first-order chi connectivity index (χ1) is 14.0.